The Labute approximate surface area is 128 Å². The molecule has 22 heavy (non-hydrogen) atoms. The van der Waals surface area contributed by atoms with E-state index in [0.29, 0.717) is 12.4 Å². The highest BCUT2D eigenvalue weighted by molar-refractivity contribution is 5.76. The normalized spacial score (nSPS) is 17.9. The lowest BCUT2D eigenvalue weighted by Crippen LogP contribution is -2.39. The lowest BCUT2D eigenvalue weighted by atomic mass is 10.1. The third-order valence-electron chi connectivity index (χ3n) is 3.95. The number of aliphatic hydroxyl groups is 1. The Morgan fingerprint density at radius 3 is 2.86 bits per heavy atom. The molecule has 1 saturated heterocycles. The van der Waals surface area contributed by atoms with E-state index < -0.39 is 0 Å². The molecule has 0 aliphatic carbocycles. The largest absolute Gasteiger partial charge is 0.394 e. The van der Waals surface area contributed by atoms with Crippen LogP contribution in [-0.4, -0.2) is 55.3 Å². The molecule has 2 aromatic rings. The molecule has 0 spiro atoms. The van der Waals surface area contributed by atoms with Gasteiger partial charge in [-0.2, -0.15) is 4.80 Å². The second-order valence-corrected chi connectivity index (χ2v) is 5.58. The van der Waals surface area contributed by atoms with Gasteiger partial charge in [0.15, 0.2) is 0 Å². The quantitative estimate of drug-likeness (QED) is 0.895. The SMILES string of the molecule is Cc1ccc(-c2nnn(CC(=O)N3CCC[C@@H]3CO)n2)cc1. The first-order valence-electron chi connectivity index (χ1n) is 7.42. The number of hydrogen-bond donors (Lipinski definition) is 1. The first-order chi connectivity index (χ1) is 10.7. The van der Waals surface area contributed by atoms with Gasteiger partial charge in [0, 0.05) is 12.1 Å². The standard InChI is InChI=1S/C15H19N5O2/c1-11-4-6-12(7-5-11)15-16-18-20(17-15)9-14(22)19-8-2-3-13(19)10-21/h4-7,13,21H,2-3,8-10H2,1H3/t13-/m1/s1. The van der Waals surface area contributed by atoms with Crippen LogP contribution >= 0.6 is 0 Å². The van der Waals surface area contributed by atoms with Crippen LogP contribution in [0.4, 0.5) is 0 Å². The Morgan fingerprint density at radius 2 is 2.14 bits per heavy atom. The van der Waals surface area contributed by atoms with Crippen LogP contribution in [-0.2, 0) is 11.3 Å². The Bertz CT molecular complexity index is 652. The van der Waals surface area contributed by atoms with Crippen molar-refractivity contribution in [3.05, 3.63) is 29.8 Å². The van der Waals surface area contributed by atoms with E-state index in [4.69, 9.17) is 0 Å². The molecule has 116 valence electrons. The second-order valence-electron chi connectivity index (χ2n) is 5.58. The highest BCUT2D eigenvalue weighted by Crippen LogP contribution is 2.17. The number of likely N-dealkylation sites (tertiary alicyclic amines) is 1. The third kappa shape index (κ3) is 2.99. The molecule has 1 aliphatic heterocycles. The predicted octanol–water partition coefficient (Wildman–Crippen LogP) is 0.632. The summed E-state index contributed by atoms with van der Waals surface area (Å²) in [5.74, 6) is 0.428. The number of carbonyl (C=O) groups is 1. The molecule has 1 aromatic heterocycles. The molecule has 1 N–H and O–H groups in total. The fourth-order valence-electron chi connectivity index (χ4n) is 2.69. The van der Waals surface area contributed by atoms with Crippen molar-refractivity contribution in [3.63, 3.8) is 0 Å². The van der Waals surface area contributed by atoms with E-state index in [2.05, 4.69) is 15.4 Å². The number of aliphatic hydroxyl groups excluding tert-OH is 1. The molecular weight excluding hydrogens is 282 g/mol. The van der Waals surface area contributed by atoms with E-state index >= 15 is 0 Å². The average molecular weight is 301 g/mol. The molecule has 1 atom stereocenters. The molecule has 7 heteroatoms. The minimum absolute atomic E-state index is 0.00510. The van der Waals surface area contributed by atoms with E-state index in [1.54, 1.807) is 4.90 Å². The molecule has 0 unspecified atom stereocenters. The van der Waals surface area contributed by atoms with E-state index in [-0.39, 0.29) is 25.1 Å². The minimum atomic E-state index is -0.0793. The summed E-state index contributed by atoms with van der Waals surface area (Å²) in [6.45, 7) is 2.75. The van der Waals surface area contributed by atoms with Crippen molar-refractivity contribution in [3.8, 4) is 11.4 Å². The van der Waals surface area contributed by atoms with Gasteiger partial charge in [-0.25, -0.2) is 0 Å². The smallest absolute Gasteiger partial charge is 0.246 e. The van der Waals surface area contributed by atoms with Gasteiger partial charge in [-0.05, 0) is 25.0 Å². The summed E-state index contributed by atoms with van der Waals surface area (Å²) in [5, 5.41) is 21.5. The number of aryl methyl sites for hydroxylation is 1. The van der Waals surface area contributed by atoms with Gasteiger partial charge >= 0.3 is 0 Å². The van der Waals surface area contributed by atoms with Crippen LogP contribution in [0.5, 0.6) is 0 Å². The maximum Gasteiger partial charge on any atom is 0.246 e. The highest BCUT2D eigenvalue weighted by Gasteiger charge is 2.28. The molecule has 3 rings (SSSR count). The molecule has 0 saturated carbocycles. The number of nitrogens with zero attached hydrogens (tertiary/aromatic N) is 5. The molecule has 1 fully saturated rings. The average Bonchev–Trinajstić information content (AvgIpc) is 3.16. The van der Waals surface area contributed by atoms with Gasteiger partial charge in [-0.15, -0.1) is 10.2 Å². The summed E-state index contributed by atoms with van der Waals surface area (Å²) >= 11 is 0. The van der Waals surface area contributed by atoms with E-state index in [0.717, 1.165) is 24.0 Å². The van der Waals surface area contributed by atoms with Crippen molar-refractivity contribution < 1.29 is 9.90 Å². The number of rotatable bonds is 4. The van der Waals surface area contributed by atoms with Crippen molar-refractivity contribution >= 4 is 5.91 Å². The molecule has 1 amide bonds. The number of carbonyl (C=O) groups excluding carboxylic acids is 1. The minimum Gasteiger partial charge on any atom is -0.394 e. The summed E-state index contributed by atoms with van der Waals surface area (Å²) < 4.78 is 0. The molecule has 7 nitrogen and oxygen atoms in total. The topological polar surface area (TPSA) is 84.1 Å². The fourth-order valence-corrected chi connectivity index (χ4v) is 2.69. The second kappa shape index (κ2) is 6.23. The number of tetrazole rings is 1. The van der Waals surface area contributed by atoms with Crippen molar-refractivity contribution in [2.24, 2.45) is 0 Å². The van der Waals surface area contributed by atoms with Gasteiger partial charge in [0.1, 0.15) is 6.54 Å². The molecule has 0 radical (unpaired) electrons. The summed E-state index contributed by atoms with van der Waals surface area (Å²) in [7, 11) is 0. The maximum absolute atomic E-state index is 12.3. The first-order valence-corrected chi connectivity index (χ1v) is 7.42. The van der Waals surface area contributed by atoms with Gasteiger partial charge in [-0.1, -0.05) is 29.8 Å². The number of benzene rings is 1. The zero-order valence-electron chi connectivity index (χ0n) is 12.5. The Hall–Kier alpha value is -2.28. The van der Waals surface area contributed by atoms with Crippen LogP contribution < -0.4 is 0 Å². The van der Waals surface area contributed by atoms with Crippen molar-refractivity contribution in [2.45, 2.75) is 32.4 Å². The molecular formula is C15H19N5O2. The van der Waals surface area contributed by atoms with Crippen molar-refractivity contribution in [2.75, 3.05) is 13.2 Å². The van der Waals surface area contributed by atoms with Crippen LogP contribution in [0.2, 0.25) is 0 Å². The van der Waals surface area contributed by atoms with Gasteiger partial charge in [-0.3, -0.25) is 4.79 Å². The Morgan fingerprint density at radius 1 is 1.36 bits per heavy atom. The van der Waals surface area contributed by atoms with Gasteiger partial charge in [0.05, 0.1) is 12.6 Å². The van der Waals surface area contributed by atoms with E-state index in [1.165, 1.54) is 4.80 Å². The lowest BCUT2D eigenvalue weighted by molar-refractivity contribution is -0.133. The maximum atomic E-state index is 12.3. The van der Waals surface area contributed by atoms with E-state index in [1.807, 2.05) is 31.2 Å². The van der Waals surface area contributed by atoms with Gasteiger partial charge in [0.2, 0.25) is 11.7 Å². The number of amides is 1. The number of aromatic nitrogens is 4. The van der Waals surface area contributed by atoms with E-state index in [9.17, 15) is 9.90 Å². The Kier molecular flexibility index (Phi) is 4.15. The zero-order chi connectivity index (χ0) is 15.5. The highest BCUT2D eigenvalue weighted by atomic mass is 16.3. The lowest BCUT2D eigenvalue weighted by Gasteiger charge is -2.22. The summed E-state index contributed by atoms with van der Waals surface area (Å²) in [6.07, 6.45) is 1.78. The molecule has 2 heterocycles. The number of hydrogen-bond acceptors (Lipinski definition) is 5. The molecule has 0 bridgehead atoms. The van der Waals surface area contributed by atoms with Crippen molar-refractivity contribution in [1.29, 1.82) is 0 Å². The van der Waals surface area contributed by atoms with Gasteiger partial charge in [0.25, 0.3) is 0 Å². The van der Waals surface area contributed by atoms with Crippen LogP contribution in [0.3, 0.4) is 0 Å². The predicted molar refractivity (Wildman–Crippen MR) is 79.8 cm³/mol. The summed E-state index contributed by atoms with van der Waals surface area (Å²) in [5.41, 5.74) is 2.04. The zero-order valence-corrected chi connectivity index (χ0v) is 12.5. The fraction of sp³-hybridized carbons (Fsp3) is 0.467. The third-order valence-corrected chi connectivity index (χ3v) is 3.95. The summed E-state index contributed by atoms with van der Waals surface area (Å²) in [6, 6.07) is 7.75. The van der Waals surface area contributed by atoms with Crippen LogP contribution in [0.1, 0.15) is 18.4 Å². The van der Waals surface area contributed by atoms with Crippen LogP contribution in [0.15, 0.2) is 24.3 Å². The molecule has 1 aliphatic rings. The van der Waals surface area contributed by atoms with Crippen LogP contribution in [0, 0.1) is 6.92 Å². The molecule has 1 aromatic carbocycles. The van der Waals surface area contributed by atoms with Gasteiger partial charge < -0.3 is 10.0 Å². The first kappa shape index (κ1) is 14.6. The Balaban J connectivity index is 1.69. The van der Waals surface area contributed by atoms with Crippen molar-refractivity contribution in [1.82, 2.24) is 25.1 Å². The monoisotopic (exact) mass is 301 g/mol. The summed E-state index contributed by atoms with van der Waals surface area (Å²) in [4.78, 5) is 15.3. The van der Waals surface area contributed by atoms with Crippen LogP contribution in [0.25, 0.3) is 11.4 Å².